The van der Waals surface area contributed by atoms with Crippen LogP contribution in [0.15, 0.2) is 33.5 Å². The number of fused-ring (bicyclic) bond motifs is 1. The Labute approximate surface area is 161 Å². The Kier molecular flexibility index (Phi) is 5.58. The highest BCUT2D eigenvalue weighted by Crippen LogP contribution is 2.41. The molecule has 3 rings (SSSR count). The van der Waals surface area contributed by atoms with Gasteiger partial charge in [-0.25, -0.2) is 0 Å². The quantitative estimate of drug-likeness (QED) is 0.672. The van der Waals surface area contributed by atoms with Gasteiger partial charge in [0.15, 0.2) is 16.8 Å². The van der Waals surface area contributed by atoms with Crippen molar-refractivity contribution < 1.29 is 28.8 Å². The van der Waals surface area contributed by atoms with E-state index in [0.29, 0.717) is 16.9 Å². The molecule has 7 heteroatoms. The van der Waals surface area contributed by atoms with Crippen molar-refractivity contribution in [3.63, 3.8) is 0 Å². The molecule has 2 aromatic carbocycles. The van der Waals surface area contributed by atoms with Gasteiger partial charge in [-0.1, -0.05) is 0 Å². The van der Waals surface area contributed by atoms with E-state index in [4.69, 9.17) is 18.6 Å². The molecule has 7 nitrogen and oxygen atoms in total. The zero-order valence-electron chi connectivity index (χ0n) is 16.2. The largest absolute Gasteiger partial charge is 0.496 e. The number of rotatable bonds is 6. The van der Waals surface area contributed by atoms with Crippen LogP contribution in [0.4, 0.5) is 0 Å². The fraction of sp³-hybridized carbons (Fsp3) is 0.286. The average molecular weight is 386 g/mol. The van der Waals surface area contributed by atoms with Crippen molar-refractivity contribution in [1.82, 2.24) is 0 Å². The van der Waals surface area contributed by atoms with Crippen molar-refractivity contribution in [3.8, 4) is 28.6 Å². The second-order valence-corrected chi connectivity index (χ2v) is 6.20. The number of aliphatic hydroxyl groups is 2. The van der Waals surface area contributed by atoms with Gasteiger partial charge in [0, 0.05) is 22.8 Å². The summed E-state index contributed by atoms with van der Waals surface area (Å²) in [5.74, 6) is 1.41. The SMILES string of the molecule is COc1ccc(-c2cc(=O)c3c(OC)c(CO)c(CO)c(OC)c3o2)cc1C. The molecule has 1 heterocycles. The lowest BCUT2D eigenvalue weighted by atomic mass is 10.0. The van der Waals surface area contributed by atoms with Crippen LogP contribution in [0.1, 0.15) is 16.7 Å². The Bertz CT molecular complexity index is 1080. The highest BCUT2D eigenvalue weighted by Gasteiger charge is 2.24. The molecular formula is C21H22O7. The Hall–Kier alpha value is -3.03. The summed E-state index contributed by atoms with van der Waals surface area (Å²) < 4.78 is 22.1. The maximum Gasteiger partial charge on any atom is 0.197 e. The molecule has 0 spiro atoms. The zero-order valence-corrected chi connectivity index (χ0v) is 16.2. The van der Waals surface area contributed by atoms with E-state index < -0.39 is 13.2 Å². The molecule has 0 bridgehead atoms. The second-order valence-electron chi connectivity index (χ2n) is 6.20. The fourth-order valence-corrected chi connectivity index (χ4v) is 3.38. The molecule has 0 fully saturated rings. The Morgan fingerprint density at radius 2 is 1.57 bits per heavy atom. The lowest BCUT2D eigenvalue weighted by Gasteiger charge is -2.18. The average Bonchev–Trinajstić information content (AvgIpc) is 2.71. The van der Waals surface area contributed by atoms with E-state index in [2.05, 4.69) is 0 Å². The maximum atomic E-state index is 12.9. The Morgan fingerprint density at radius 3 is 2.11 bits per heavy atom. The van der Waals surface area contributed by atoms with Gasteiger partial charge in [0.25, 0.3) is 0 Å². The van der Waals surface area contributed by atoms with Crippen LogP contribution in [0.5, 0.6) is 17.2 Å². The van der Waals surface area contributed by atoms with Gasteiger partial charge < -0.3 is 28.8 Å². The van der Waals surface area contributed by atoms with Crippen LogP contribution in [0.3, 0.4) is 0 Å². The van der Waals surface area contributed by atoms with Crippen LogP contribution in [0.2, 0.25) is 0 Å². The minimum atomic E-state index is -0.426. The molecule has 0 amide bonds. The van der Waals surface area contributed by atoms with E-state index in [1.54, 1.807) is 19.2 Å². The summed E-state index contributed by atoms with van der Waals surface area (Å²) >= 11 is 0. The predicted octanol–water partition coefficient (Wildman–Crippen LogP) is 2.78. The first-order chi connectivity index (χ1) is 13.5. The summed E-state index contributed by atoms with van der Waals surface area (Å²) in [7, 11) is 4.39. The molecule has 0 aliphatic rings. The van der Waals surface area contributed by atoms with Crippen LogP contribution in [0.25, 0.3) is 22.3 Å². The van der Waals surface area contributed by atoms with Crippen molar-refractivity contribution >= 4 is 11.0 Å². The molecule has 148 valence electrons. The third-order valence-corrected chi connectivity index (χ3v) is 4.70. The third kappa shape index (κ3) is 3.08. The lowest BCUT2D eigenvalue weighted by molar-refractivity contribution is 0.248. The van der Waals surface area contributed by atoms with Gasteiger partial charge in [-0.3, -0.25) is 4.79 Å². The van der Waals surface area contributed by atoms with Crippen molar-refractivity contribution in [3.05, 3.63) is 51.2 Å². The number of hydrogen-bond donors (Lipinski definition) is 2. The molecule has 0 atom stereocenters. The van der Waals surface area contributed by atoms with Crippen molar-refractivity contribution in [2.45, 2.75) is 20.1 Å². The minimum Gasteiger partial charge on any atom is -0.496 e. The van der Waals surface area contributed by atoms with Gasteiger partial charge in [-0.2, -0.15) is 0 Å². The number of aliphatic hydroxyl groups excluding tert-OH is 2. The number of hydrogen-bond acceptors (Lipinski definition) is 7. The van der Waals surface area contributed by atoms with E-state index in [0.717, 1.165) is 11.3 Å². The minimum absolute atomic E-state index is 0.148. The van der Waals surface area contributed by atoms with Crippen LogP contribution >= 0.6 is 0 Å². The molecular weight excluding hydrogens is 364 g/mol. The summed E-state index contributed by atoms with van der Waals surface area (Å²) in [6.07, 6.45) is 0. The smallest absolute Gasteiger partial charge is 0.197 e. The van der Waals surface area contributed by atoms with Crippen LogP contribution in [-0.4, -0.2) is 31.5 Å². The van der Waals surface area contributed by atoms with E-state index in [9.17, 15) is 15.0 Å². The molecule has 0 unspecified atom stereocenters. The second kappa shape index (κ2) is 7.92. The van der Waals surface area contributed by atoms with E-state index in [1.165, 1.54) is 20.3 Å². The van der Waals surface area contributed by atoms with Gasteiger partial charge in [0.05, 0.1) is 34.5 Å². The van der Waals surface area contributed by atoms with Crippen LogP contribution in [0, 0.1) is 6.92 Å². The van der Waals surface area contributed by atoms with Gasteiger partial charge in [0.1, 0.15) is 22.6 Å². The number of methoxy groups -OCH3 is 3. The normalized spacial score (nSPS) is 10.9. The summed E-state index contributed by atoms with van der Waals surface area (Å²) in [4.78, 5) is 12.9. The number of ether oxygens (including phenoxy) is 3. The summed E-state index contributed by atoms with van der Waals surface area (Å²) in [6, 6.07) is 6.79. The zero-order chi connectivity index (χ0) is 20.4. The molecule has 2 N–H and O–H groups in total. The van der Waals surface area contributed by atoms with Crippen molar-refractivity contribution in [1.29, 1.82) is 0 Å². The molecule has 0 aliphatic carbocycles. The Balaban J connectivity index is 2.39. The highest BCUT2D eigenvalue weighted by atomic mass is 16.5. The first-order valence-electron chi connectivity index (χ1n) is 8.60. The number of benzene rings is 2. The van der Waals surface area contributed by atoms with Gasteiger partial charge in [-0.05, 0) is 30.7 Å². The summed E-state index contributed by atoms with van der Waals surface area (Å²) in [6.45, 7) is 1.05. The molecule has 3 aromatic rings. The molecule has 1 aromatic heterocycles. The standard InChI is InChI=1S/C21H22O7/c1-11-7-12(5-6-16(11)25-2)17-8-15(24)18-19(26-3)13(9-22)14(10-23)20(27-4)21(18)28-17/h5-8,22-23H,9-10H2,1-4H3. The van der Waals surface area contributed by atoms with Crippen molar-refractivity contribution in [2.75, 3.05) is 21.3 Å². The summed E-state index contributed by atoms with van der Waals surface area (Å²) in [5.41, 5.74) is 1.97. The highest BCUT2D eigenvalue weighted by molar-refractivity contribution is 5.92. The first-order valence-corrected chi connectivity index (χ1v) is 8.60. The third-order valence-electron chi connectivity index (χ3n) is 4.70. The molecule has 28 heavy (non-hydrogen) atoms. The Morgan fingerprint density at radius 1 is 0.929 bits per heavy atom. The first kappa shape index (κ1) is 19.7. The van der Waals surface area contributed by atoms with Gasteiger partial charge in [0.2, 0.25) is 0 Å². The molecule has 0 saturated carbocycles. The van der Waals surface area contributed by atoms with E-state index in [-0.39, 0.29) is 33.5 Å². The van der Waals surface area contributed by atoms with Crippen LogP contribution < -0.4 is 19.6 Å². The maximum absolute atomic E-state index is 12.9. The molecule has 0 radical (unpaired) electrons. The lowest BCUT2D eigenvalue weighted by Crippen LogP contribution is -2.09. The predicted molar refractivity (Wildman–Crippen MR) is 104 cm³/mol. The fourth-order valence-electron chi connectivity index (χ4n) is 3.38. The van der Waals surface area contributed by atoms with E-state index in [1.807, 2.05) is 13.0 Å². The van der Waals surface area contributed by atoms with Crippen molar-refractivity contribution in [2.24, 2.45) is 0 Å². The molecule has 0 aliphatic heterocycles. The number of aryl methyl sites for hydroxylation is 1. The topological polar surface area (TPSA) is 98.4 Å². The summed E-state index contributed by atoms with van der Waals surface area (Å²) in [5, 5.41) is 19.7. The van der Waals surface area contributed by atoms with Gasteiger partial charge >= 0.3 is 0 Å². The van der Waals surface area contributed by atoms with Crippen LogP contribution in [-0.2, 0) is 13.2 Å². The molecule has 0 saturated heterocycles. The monoisotopic (exact) mass is 386 g/mol. The van der Waals surface area contributed by atoms with E-state index >= 15 is 0 Å². The van der Waals surface area contributed by atoms with Gasteiger partial charge in [-0.15, -0.1) is 0 Å².